The fourth-order valence-electron chi connectivity index (χ4n) is 3.38. The van der Waals surface area contributed by atoms with E-state index in [0.717, 1.165) is 30.5 Å². The van der Waals surface area contributed by atoms with Gasteiger partial charge in [0.1, 0.15) is 5.82 Å². The van der Waals surface area contributed by atoms with Crippen LogP contribution in [0.5, 0.6) is 0 Å². The van der Waals surface area contributed by atoms with E-state index in [-0.39, 0.29) is 0 Å². The van der Waals surface area contributed by atoms with Crippen LogP contribution in [0.25, 0.3) is 0 Å². The minimum Gasteiger partial charge on any atom is -0.312 e. The molecule has 2 aliphatic heterocycles. The molecule has 0 saturated carbocycles. The van der Waals surface area contributed by atoms with E-state index >= 15 is 0 Å². The average Bonchev–Trinajstić information content (AvgIpc) is 3.09. The van der Waals surface area contributed by atoms with Crippen LogP contribution in [0.1, 0.15) is 43.0 Å². The molecule has 0 aliphatic carbocycles. The third-order valence-electron chi connectivity index (χ3n) is 4.46. The van der Waals surface area contributed by atoms with Crippen LogP contribution >= 0.6 is 11.8 Å². The Labute approximate surface area is 129 Å². The van der Waals surface area contributed by atoms with E-state index in [9.17, 15) is 0 Å². The van der Waals surface area contributed by atoms with Crippen molar-refractivity contribution in [3.05, 3.63) is 41.5 Å². The third-order valence-corrected chi connectivity index (χ3v) is 5.65. The van der Waals surface area contributed by atoms with Crippen molar-refractivity contribution in [3.63, 3.8) is 0 Å². The van der Waals surface area contributed by atoms with Gasteiger partial charge in [-0.05, 0) is 17.5 Å². The lowest BCUT2D eigenvalue weighted by Crippen LogP contribution is -2.37. The van der Waals surface area contributed by atoms with E-state index in [0.29, 0.717) is 17.9 Å². The Bertz CT molecular complexity index is 664. The summed E-state index contributed by atoms with van der Waals surface area (Å²) >= 11 is 1.94. The summed E-state index contributed by atoms with van der Waals surface area (Å²) in [5.74, 6) is 4.26. The molecular formula is C16H20N4S. The largest absolute Gasteiger partial charge is 0.312 e. The van der Waals surface area contributed by atoms with Crippen LogP contribution < -0.4 is 5.32 Å². The number of hydrogen-bond donors (Lipinski definition) is 1. The second kappa shape index (κ2) is 5.14. The molecule has 4 rings (SSSR count). The number of nitrogens with one attached hydrogen (secondary N) is 1. The molecule has 4 nitrogen and oxygen atoms in total. The maximum absolute atomic E-state index is 4.57. The minimum absolute atomic E-state index is 0.323. The molecule has 2 atom stereocenters. The van der Waals surface area contributed by atoms with Crippen molar-refractivity contribution >= 4 is 11.8 Å². The molecular weight excluding hydrogens is 280 g/mol. The second-order valence-corrected chi connectivity index (χ2v) is 7.21. The Balaban J connectivity index is 1.75. The van der Waals surface area contributed by atoms with Gasteiger partial charge < -0.3 is 9.88 Å². The van der Waals surface area contributed by atoms with Gasteiger partial charge in [0, 0.05) is 23.7 Å². The molecule has 0 radical (unpaired) electrons. The Kier molecular flexibility index (Phi) is 3.27. The zero-order chi connectivity index (χ0) is 14.4. The van der Waals surface area contributed by atoms with E-state index in [2.05, 4.69) is 58.2 Å². The second-order valence-electron chi connectivity index (χ2n) is 6.15. The number of thioether (sulfide) groups is 1. The van der Waals surface area contributed by atoms with Crippen LogP contribution in [0.15, 0.2) is 29.2 Å². The van der Waals surface area contributed by atoms with Crippen molar-refractivity contribution in [2.45, 2.75) is 37.2 Å². The molecule has 110 valence electrons. The van der Waals surface area contributed by atoms with Crippen molar-refractivity contribution in [2.75, 3.05) is 12.3 Å². The summed E-state index contributed by atoms with van der Waals surface area (Å²) in [5.41, 5.74) is 1.41. The zero-order valence-electron chi connectivity index (χ0n) is 12.4. The van der Waals surface area contributed by atoms with E-state index in [1.807, 2.05) is 11.8 Å². The molecule has 1 aromatic carbocycles. The Hall–Kier alpha value is -1.33. The predicted molar refractivity (Wildman–Crippen MR) is 84.6 cm³/mol. The molecule has 21 heavy (non-hydrogen) atoms. The average molecular weight is 300 g/mol. The van der Waals surface area contributed by atoms with Crippen LogP contribution in [0.3, 0.4) is 0 Å². The number of rotatable bonds is 2. The van der Waals surface area contributed by atoms with Crippen molar-refractivity contribution in [1.29, 1.82) is 0 Å². The predicted octanol–water partition coefficient (Wildman–Crippen LogP) is 2.82. The van der Waals surface area contributed by atoms with E-state index in [4.69, 9.17) is 0 Å². The highest BCUT2D eigenvalue weighted by Crippen LogP contribution is 2.43. The van der Waals surface area contributed by atoms with Gasteiger partial charge in [-0.25, -0.2) is 0 Å². The number of fused-ring (bicyclic) bond motifs is 2. The normalized spacial score (nSPS) is 24.1. The van der Waals surface area contributed by atoms with Gasteiger partial charge in [0.15, 0.2) is 5.82 Å². The lowest BCUT2D eigenvalue weighted by Gasteiger charge is -2.28. The highest BCUT2D eigenvalue weighted by atomic mass is 32.2. The van der Waals surface area contributed by atoms with Crippen LogP contribution in [0, 0.1) is 5.92 Å². The standard InChI is InChI=1S/C16H20N4S/c1-10(2)14-16-19-18-15(20(16)8-7-17-14)12-9-21-13-6-4-3-5-11(12)13/h3-6,10,12,14,17H,7-9H2,1-2H3. The van der Waals surface area contributed by atoms with Crippen LogP contribution in [-0.2, 0) is 6.54 Å². The molecule has 5 heteroatoms. The summed E-state index contributed by atoms with van der Waals surface area (Å²) in [6.45, 7) is 6.46. The van der Waals surface area contributed by atoms with Crippen molar-refractivity contribution in [3.8, 4) is 0 Å². The van der Waals surface area contributed by atoms with Gasteiger partial charge >= 0.3 is 0 Å². The maximum atomic E-state index is 4.57. The van der Waals surface area contributed by atoms with E-state index in [1.165, 1.54) is 10.5 Å². The van der Waals surface area contributed by atoms with Gasteiger partial charge in [-0.3, -0.25) is 0 Å². The molecule has 1 aromatic heterocycles. The number of benzene rings is 1. The molecule has 0 saturated heterocycles. The molecule has 0 fully saturated rings. The third kappa shape index (κ3) is 2.10. The summed E-state index contributed by atoms with van der Waals surface area (Å²) in [6.07, 6.45) is 0. The molecule has 0 spiro atoms. The van der Waals surface area contributed by atoms with Crippen LogP contribution in [0.4, 0.5) is 0 Å². The SMILES string of the molecule is CC(C)C1NCCn2c(C3CSc4ccccc43)nnc21. The molecule has 0 amide bonds. The fourth-order valence-corrected chi connectivity index (χ4v) is 4.60. The topological polar surface area (TPSA) is 42.7 Å². The first-order chi connectivity index (χ1) is 10.3. The van der Waals surface area contributed by atoms with Crippen molar-refractivity contribution in [2.24, 2.45) is 5.92 Å². The highest BCUT2D eigenvalue weighted by Gasteiger charge is 2.33. The Morgan fingerprint density at radius 1 is 1.24 bits per heavy atom. The first kappa shape index (κ1) is 13.3. The minimum atomic E-state index is 0.323. The fraction of sp³-hybridized carbons (Fsp3) is 0.500. The zero-order valence-corrected chi connectivity index (χ0v) is 13.2. The van der Waals surface area contributed by atoms with Gasteiger partial charge in [-0.15, -0.1) is 22.0 Å². The van der Waals surface area contributed by atoms with Gasteiger partial charge in [-0.1, -0.05) is 32.0 Å². The van der Waals surface area contributed by atoms with Crippen LogP contribution in [0.2, 0.25) is 0 Å². The summed E-state index contributed by atoms with van der Waals surface area (Å²) in [6, 6.07) is 9.02. The van der Waals surface area contributed by atoms with Crippen molar-refractivity contribution < 1.29 is 0 Å². The van der Waals surface area contributed by atoms with Gasteiger partial charge in [-0.2, -0.15) is 0 Å². The maximum Gasteiger partial charge on any atom is 0.150 e. The first-order valence-corrected chi connectivity index (χ1v) is 8.62. The van der Waals surface area contributed by atoms with E-state index < -0.39 is 0 Å². The lowest BCUT2D eigenvalue weighted by atomic mass is 9.99. The molecule has 3 heterocycles. The molecule has 2 aliphatic rings. The van der Waals surface area contributed by atoms with Crippen molar-refractivity contribution in [1.82, 2.24) is 20.1 Å². The highest BCUT2D eigenvalue weighted by molar-refractivity contribution is 7.99. The summed E-state index contributed by atoms with van der Waals surface area (Å²) in [5, 5.41) is 12.7. The smallest absolute Gasteiger partial charge is 0.150 e. The lowest BCUT2D eigenvalue weighted by molar-refractivity contribution is 0.334. The first-order valence-electron chi connectivity index (χ1n) is 7.64. The van der Waals surface area contributed by atoms with E-state index in [1.54, 1.807) is 0 Å². The number of nitrogens with zero attached hydrogens (tertiary/aromatic N) is 3. The molecule has 2 unspecified atom stereocenters. The number of aromatic nitrogens is 3. The summed E-state index contributed by atoms with van der Waals surface area (Å²) in [4.78, 5) is 1.40. The summed E-state index contributed by atoms with van der Waals surface area (Å²) in [7, 11) is 0. The van der Waals surface area contributed by atoms with Gasteiger partial charge in [0.25, 0.3) is 0 Å². The Morgan fingerprint density at radius 2 is 2.05 bits per heavy atom. The number of hydrogen-bond acceptors (Lipinski definition) is 4. The quantitative estimate of drug-likeness (QED) is 0.926. The molecule has 2 aromatic rings. The molecule has 0 bridgehead atoms. The Morgan fingerprint density at radius 3 is 2.90 bits per heavy atom. The van der Waals surface area contributed by atoms with Gasteiger partial charge in [0.2, 0.25) is 0 Å². The summed E-state index contributed by atoms with van der Waals surface area (Å²) < 4.78 is 2.36. The van der Waals surface area contributed by atoms with Crippen LogP contribution in [-0.4, -0.2) is 27.1 Å². The van der Waals surface area contributed by atoms with Gasteiger partial charge in [0.05, 0.1) is 12.0 Å². The molecule has 1 N–H and O–H groups in total. The monoisotopic (exact) mass is 300 g/mol.